The summed E-state index contributed by atoms with van der Waals surface area (Å²) in [4.78, 5) is 4.72. The van der Waals surface area contributed by atoms with Gasteiger partial charge in [-0.3, -0.25) is 5.26 Å². The van der Waals surface area contributed by atoms with Crippen LogP contribution in [0.15, 0.2) is 0 Å². The van der Waals surface area contributed by atoms with Crippen LogP contribution < -0.4 is 0 Å². The summed E-state index contributed by atoms with van der Waals surface area (Å²) in [6.07, 6.45) is 17.2. The summed E-state index contributed by atoms with van der Waals surface area (Å²) in [5.74, 6) is 8.22. The molecule has 2 nitrogen and oxygen atoms in total. The number of hydrogen-bond acceptors (Lipinski definition) is 2. The van der Waals surface area contributed by atoms with Gasteiger partial charge in [-0.15, -0.1) is 0 Å². The average molecular weight is 419 g/mol. The Balaban J connectivity index is 1.39. The Morgan fingerprint density at radius 2 is 1.63 bits per heavy atom. The second-order valence-electron chi connectivity index (χ2n) is 12.8. The van der Waals surface area contributed by atoms with Crippen molar-refractivity contribution < 1.29 is 10.1 Å². The molecule has 10 unspecified atom stereocenters. The number of fused-ring (bicyclic) bond motifs is 5. The fourth-order valence-corrected chi connectivity index (χ4v) is 9.43. The second kappa shape index (κ2) is 9.42. The van der Waals surface area contributed by atoms with Crippen LogP contribution in [0.25, 0.3) is 0 Å². The molecule has 0 bridgehead atoms. The third-order valence-electron chi connectivity index (χ3n) is 11.0. The van der Waals surface area contributed by atoms with Crippen LogP contribution in [0.1, 0.15) is 112 Å². The lowest BCUT2D eigenvalue weighted by Gasteiger charge is -2.57. The van der Waals surface area contributed by atoms with Crippen molar-refractivity contribution in [3.05, 3.63) is 0 Å². The highest BCUT2D eigenvalue weighted by atomic mass is 17.1. The molecule has 4 fully saturated rings. The van der Waals surface area contributed by atoms with Gasteiger partial charge in [-0.25, -0.2) is 4.89 Å². The van der Waals surface area contributed by atoms with Crippen LogP contribution in [0, 0.1) is 58.7 Å². The molecule has 0 aliphatic heterocycles. The Kier molecular flexibility index (Phi) is 7.25. The van der Waals surface area contributed by atoms with E-state index >= 15 is 0 Å². The van der Waals surface area contributed by atoms with Gasteiger partial charge in [0.05, 0.1) is 6.10 Å². The minimum atomic E-state index is 0.0195. The third-order valence-corrected chi connectivity index (χ3v) is 11.0. The molecule has 0 heterocycles. The molecule has 4 saturated carbocycles. The summed E-state index contributed by atoms with van der Waals surface area (Å²) in [7, 11) is 0. The zero-order valence-electron chi connectivity index (χ0n) is 20.6. The van der Waals surface area contributed by atoms with Crippen LogP contribution in [0.5, 0.6) is 0 Å². The van der Waals surface area contributed by atoms with Gasteiger partial charge >= 0.3 is 0 Å². The molecule has 4 rings (SSSR count). The zero-order valence-corrected chi connectivity index (χ0v) is 20.6. The minimum absolute atomic E-state index is 0.0195. The molecular weight excluding hydrogens is 368 g/mol. The fraction of sp³-hybridized carbons (Fsp3) is 1.00. The van der Waals surface area contributed by atoms with E-state index < -0.39 is 0 Å². The van der Waals surface area contributed by atoms with E-state index in [0.29, 0.717) is 11.3 Å². The van der Waals surface area contributed by atoms with Crippen molar-refractivity contribution in [1.29, 1.82) is 0 Å². The van der Waals surface area contributed by atoms with Gasteiger partial charge in [0.25, 0.3) is 0 Å². The molecule has 0 aromatic carbocycles. The molecule has 30 heavy (non-hydrogen) atoms. The van der Waals surface area contributed by atoms with Crippen molar-refractivity contribution in [3.8, 4) is 0 Å². The van der Waals surface area contributed by atoms with Gasteiger partial charge in [-0.2, -0.15) is 0 Å². The molecule has 0 spiro atoms. The van der Waals surface area contributed by atoms with E-state index in [1.807, 2.05) is 0 Å². The first-order chi connectivity index (χ1) is 14.3. The summed E-state index contributed by atoms with van der Waals surface area (Å²) >= 11 is 0. The van der Waals surface area contributed by atoms with Gasteiger partial charge in [-0.05, 0) is 123 Å². The van der Waals surface area contributed by atoms with Crippen molar-refractivity contribution in [2.45, 2.75) is 118 Å². The van der Waals surface area contributed by atoms with E-state index in [1.165, 1.54) is 77.0 Å². The molecule has 174 valence electrons. The highest BCUT2D eigenvalue weighted by Crippen LogP contribution is 2.65. The zero-order chi connectivity index (χ0) is 21.5. The SMILES string of the molecule is CC(C)CCCC(C)C1CCC2C3CCC4CC(C(C)OO)CCC4C3CCC12C. The van der Waals surface area contributed by atoms with Crippen molar-refractivity contribution in [2.75, 3.05) is 0 Å². The molecule has 4 aliphatic carbocycles. The predicted molar refractivity (Wildman–Crippen MR) is 125 cm³/mol. The summed E-state index contributed by atoms with van der Waals surface area (Å²) in [5.41, 5.74) is 0.627. The monoisotopic (exact) mass is 418 g/mol. The summed E-state index contributed by atoms with van der Waals surface area (Å²) in [5, 5.41) is 9.15. The normalized spacial score (nSPS) is 45.5. The first-order valence-corrected chi connectivity index (χ1v) is 13.6. The van der Waals surface area contributed by atoms with Crippen LogP contribution in [0.3, 0.4) is 0 Å². The van der Waals surface area contributed by atoms with Crippen LogP contribution in [-0.4, -0.2) is 11.4 Å². The van der Waals surface area contributed by atoms with E-state index in [0.717, 1.165) is 47.3 Å². The topological polar surface area (TPSA) is 29.5 Å². The van der Waals surface area contributed by atoms with Gasteiger partial charge in [-0.1, -0.05) is 47.0 Å². The maximum absolute atomic E-state index is 9.15. The van der Waals surface area contributed by atoms with Crippen LogP contribution in [0.4, 0.5) is 0 Å². The Morgan fingerprint density at radius 1 is 0.867 bits per heavy atom. The summed E-state index contributed by atoms with van der Waals surface area (Å²) in [6.45, 7) is 12.1. The van der Waals surface area contributed by atoms with Crippen LogP contribution >= 0.6 is 0 Å². The first kappa shape index (κ1) is 23.1. The van der Waals surface area contributed by atoms with Crippen molar-refractivity contribution in [2.24, 2.45) is 58.7 Å². The van der Waals surface area contributed by atoms with E-state index in [1.54, 1.807) is 0 Å². The van der Waals surface area contributed by atoms with Crippen LogP contribution in [-0.2, 0) is 4.89 Å². The Hall–Kier alpha value is -0.0800. The standard InChI is InChI=1S/C28H50O2/c1-18(2)7-6-8-19(3)26-13-14-27-25-12-10-22-17-21(20(4)30-29)9-11-23(22)24(25)15-16-28(26,27)5/h18-27,29H,6-17H2,1-5H3. The van der Waals surface area contributed by atoms with Gasteiger partial charge in [0, 0.05) is 0 Å². The second-order valence-corrected chi connectivity index (χ2v) is 12.8. The van der Waals surface area contributed by atoms with Gasteiger partial charge < -0.3 is 0 Å². The minimum Gasteiger partial charge on any atom is -0.252 e. The largest absolute Gasteiger partial charge is 0.252 e. The maximum atomic E-state index is 9.15. The molecule has 1 N–H and O–H groups in total. The molecule has 2 heteroatoms. The molecular formula is C28H50O2. The molecule has 4 aliphatic rings. The van der Waals surface area contributed by atoms with E-state index in [9.17, 15) is 0 Å². The molecule has 0 aromatic rings. The molecule has 0 aromatic heterocycles. The molecule has 0 amide bonds. The van der Waals surface area contributed by atoms with Crippen molar-refractivity contribution >= 4 is 0 Å². The van der Waals surface area contributed by atoms with Gasteiger partial charge in [0.1, 0.15) is 0 Å². The Morgan fingerprint density at radius 3 is 2.37 bits per heavy atom. The van der Waals surface area contributed by atoms with Crippen LogP contribution in [0.2, 0.25) is 0 Å². The Bertz CT molecular complexity index is 559. The predicted octanol–water partition coefficient (Wildman–Crippen LogP) is 8.21. The quantitative estimate of drug-likeness (QED) is 0.333. The van der Waals surface area contributed by atoms with E-state index in [-0.39, 0.29) is 6.10 Å². The van der Waals surface area contributed by atoms with Gasteiger partial charge in [0.15, 0.2) is 0 Å². The fourth-order valence-electron chi connectivity index (χ4n) is 9.43. The highest BCUT2D eigenvalue weighted by molar-refractivity contribution is 5.06. The van der Waals surface area contributed by atoms with Gasteiger partial charge in [0.2, 0.25) is 0 Å². The summed E-state index contributed by atoms with van der Waals surface area (Å²) < 4.78 is 0. The number of rotatable bonds is 7. The molecule has 0 saturated heterocycles. The Labute approximate surface area is 186 Å². The molecule has 10 atom stereocenters. The highest BCUT2D eigenvalue weighted by Gasteiger charge is 2.57. The van der Waals surface area contributed by atoms with Crippen molar-refractivity contribution in [3.63, 3.8) is 0 Å². The lowest BCUT2D eigenvalue weighted by atomic mass is 9.48. The average Bonchev–Trinajstić information content (AvgIpc) is 3.09. The van der Waals surface area contributed by atoms with E-state index in [2.05, 4.69) is 34.6 Å². The smallest absolute Gasteiger partial charge is 0.0927 e. The maximum Gasteiger partial charge on any atom is 0.0927 e. The third kappa shape index (κ3) is 4.26. The lowest BCUT2D eigenvalue weighted by Crippen LogP contribution is -2.49. The van der Waals surface area contributed by atoms with Crippen molar-refractivity contribution in [1.82, 2.24) is 0 Å². The first-order valence-electron chi connectivity index (χ1n) is 13.6. The van der Waals surface area contributed by atoms with E-state index in [4.69, 9.17) is 10.1 Å². The lowest BCUT2D eigenvalue weighted by molar-refractivity contribution is -0.289. The number of hydrogen-bond donors (Lipinski definition) is 1. The summed E-state index contributed by atoms with van der Waals surface area (Å²) in [6, 6.07) is 0. The molecule has 0 radical (unpaired) electrons.